The minimum absolute atomic E-state index is 0.644. The van der Waals surface area contributed by atoms with Gasteiger partial charge in [0.1, 0.15) is 11.5 Å². The van der Waals surface area contributed by atoms with E-state index in [-0.39, 0.29) is 0 Å². The Hall–Kier alpha value is -1.22. The summed E-state index contributed by atoms with van der Waals surface area (Å²) < 4.78 is 11.1. The van der Waals surface area contributed by atoms with Crippen molar-refractivity contribution < 1.29 is 9.47 Å². The van der Waals surface area contributed by atoms with E-state index in [9.17, 15) is 0 Å². The Morgan fingerprint density at radius 1 is 1.35 bits per heavy atom. The van der Waals surface area contributed by atoms with Gasteiger partial charge in [-0.15, -0.1) is 0 Å². The lowest BCUT2D eigenvalue weighted by molar-refractivity contribution is 0.297. The Balaban J connectivity index is 1.98. The number of methoxy groups -OCH3 is 1. The van der Waals surface area contributed by atoms with Crippen LogP contribution >= 0.6 is 0 Å². The molecule has 1 fully saturated rings. The minimum Gasteiger partial charge on any atom is -0.497 e. The lowest BCUT2D eigenvalue weighted by Gasteiger charge is -2.12. The minimum atomic E-state index is 0.644. The van der Waals surface area contributed by atoms with E-state index in [0.29, 0.717) is 6.54 Å². The summed E-state index contributed by atoms with van der Waals surface area (Å²) in [6.45, 7) is 1.45. The van der Waals surface area contributed by atoms with Gasteiger partial charge in [-0.25, -0.2) is 0 Å². The molecule has 0 spiro atoms. The summed E-state index contributed by atoms with van der Waals surface area (Å²) in [4.78, 5) is 0. The Bertz CT molecular complexity index is 361. The topological polar surface area (TPSA) is 44.5 Å². The molecule has 0 bridgehead atoms. The third-order valence-electron chi connectivity index (χ3n) is 3.17. The van der Waals surface area contributed by atoms with E-state index in [2.05, 4.69) is 0 Å². The van der Waals surface area contributed by atoms with Gasteiger partial charge in [-0.05, 0) is 36.9 Å². The fraction of sp³-hybridized carbons (Fsp3) is 0.571. The summed E-state index contributed by atoms with van der Waals surface area (Å²) in [7, 11) is 1.67. The van der Waals surface area contributed by atoms with Crippen LogP contribution in [0.1, 0.15) is 24.8 Å². The van der Waals surface area contributed by atoms with Crippen molar-refractivity contribution in [1.82, 2.24) is 0 Å². The molecule has 94 valence electrons. The summed E-state index contributed by atoms with van der Waals surface area (Å²) in [5.41, 5.74) is 6.77. The molecular formula is C14H21NO2. The number of hydrogen-bond acceptors (Lipinski definition) is 3. The van der Waals surface area contributed by atoms with Gasteiger partial charge in [0.2, 0.25) is 0 Å². The molecule has 0 aliphatic heterocycles. The zero-order chi connectivity index (χ0) is 12.1. The average Bonchev–Trinajstić information content (AvgIpc) is 3.15. The fourth-order valence-electron chi connectivity index (χ4n) is 1.90. The SMILES string of the molecule is COc1ccc(CCN)c(OCCC2CC2)c1. The molecule has 0 atom stereocenters. The van der Waals surface area contributed by atoms with Crippen molar-refractivity contribution in [2.75, 3.05) is 20.3 Å². The standard InChI is InChI=1S/C14H21NO2/c1-16-13-5-4-12(6-8-15)14(10-13)17-9-7-11-2-3-11/h4-5,10-11H,2-3,6-9,15H2,1H3. The normalized spacial score (nSPS) is 14.7. The number of hydrogen-bond donors (Lipinski definition) is 1. The summed E-state index contributed by atoms with van der Waals surface area (Å²) in [5, 5.41) is 0. The Kier molecular flexibility index (Phi) is 4.26. The first-order valence-electron chi connectivity index (χ1n) is 6.33. The molecule has 0 heterocycles. The molecule has 0 unspecified atom stereocenters. The highest BCUT2D eigenvalue weighted by molar-refractivity contribution is 5.41. The molecule has 1 aliphatic rings. The molecule has 3 heteroatoms. The molecule has 0 amide bonds. The molecule has 1 aromatic rings. The van der Waals surface area contributed by atoms with Crippen LogP contribution in [0.3, 0.4) is 0 Å². The van der Waals surface area contributed by atoms with Crippen molar-refractivity contribution in [2.24, 2.45) is 11.7 Å². The molecule has 1 aromatic carbocycles. The van der Waals surface area contributed by atoms with Crippen molar-refractivity contribution in [3.8, 4) is 11.5 Å². The summed E-state index contributed by atoms with van der Waals surface area (Å²) in [6.07, 6.45) is 4.76. The third-order valence-corrected chi connectivity index (χ3v) is 3.17. The van der Waals surface area contributed by atoms with E-state index in [1.165, 1.54) is 24.8 Å². The summed E-state index contributed by atoms with van der Waals surface area (Å²) >= 11 is 0. The van der Waals surface area contributed by atoms with E-state index in [1.807, 2.05) is 18.2 Å². The first kappa shape index (κ1) is 12.2. The maximum Gasteiger partial charge on any atom is 0.126 e. The van der Waals surface area contributed by atoms with Crippen LogP contribution in [0.25, 0.3) is 0 Å². The monoisotopic (exact) mass is 235 g/mol. The molecular weight excluding hydrogens is 214 g/mol. The van der Waals surface area contributed by atoms with Crippen LogP contribution in [-0.4, -0.2) is 20.3 Å². The van der Waals surface area contributed by atoms with Gasteiger partial charge in [-0.3, -0.25) is 0 Å². The molecule has 3 nitrogen and oxygen atoms in total. The maximum atomic E-state index is 5.85. The number of benzene rings is 1. The summed E-state index contributed by atoms with van der Waals surface area (Å²) in [5.74, 6) is 2.67. The van der Waals surface area contributed by atoms with Crippen molar-refractivity contribution in [3.05, 3.63) is 23.8 Å². The smallest absolute Gasteiger partial charge is 0.126 e. The zero-order valence-electron chi connectivity index (χ0n) is 10.4. The third kappa shape index (κ3) is 3.63. The van der Waals surface area contributed by atoms with Crippen LogP contribution in [0.15, 0.2) is 18.2 Å². The van der Waals surface area contributed by atoms with Crippen LogP contribution in [0.2, 0.25) is 0 Å². The van der Waals surface area contributed by atoms with Gasteiger partial charge in [0, 0.05) is 6.07 Å². The van der Waals surface area contributed by atoms with Gasteiger partial charge in [0.05, 0.1) is 13.7 Å². The van der Waals surface area contributed by atoms with Gasteiger partial charge < -0.3 is 15.2 Å². The van der Waals surface area contributed by atoms with Gasteiger partial charge in [-0.1, -0.05) is 18.9 Å². The van der Waals surface area contributed by atoms with E-state index in [4.69, 9.17) is 15.2 Å². The Labute approximate surface area is 103 Å². The van der Waals surface area contributed by atoms with Crippen molar-refractivity contribution in [2.45, 2.75) is 25.7 Å². The first-order chi connectivity index (χ1) is 8.33. The summed E-state index contributed by atoms with van der Waals surface area (Å²) in [6, 6.07) is 5.95. The van der Waals surface area contributed by atoms with Crippen LogP contribution in [0, 0.1) is 5.92 Å². The van der Waals surface area contributed by atoms with Crippen molar-refractivity contribution >= 4 is 0 Å². The molecule has 17 heavy (non-hydrogen) atoms. The lowest BCUT2D eigenvalue weighted by atomic mass is 10.1. The highest BCUT2D eigenvalue weighted by Gasteiger charge is 2.20. The molecule has 1 saturated carbocycles. The molecule has 0 aromatic heterocycles. The van der Waals surface area contributed by atoms with Crippen molar-refractivity contribution in [3.63, 3.8) is 0 Å². The second-order valence-corrected chi connectivity index (χ2v) is 4.59. The van der Waals surface area contributed by atoms with Crippen LogP contribution < -0.4 is 15.2 Å². The number of rotatable bonds is 7. The van der Waals surface area contributed by atoms with Gasteiger partial charge in [0.25, 0.3) is 0 Å². The molecule has 0 radical (unpaired) electrons. The number of nitrogens with two attached hydrogens (primary N) is 1. The average molecular weight is 235 g/mol. The van der Waals surface area contributed by atoms with Crippen molar-refractivity contribution in [1.29, 1.82) is 0 Å². The van der Waals surface area contributed by atoms with E-state index >= 15 is 0 Å². The highest BCUT2D eigenvalue weighted by atomic mass is 16.5. The van der Waals surface area contributed by atoms with Gasteiger partial charge in [0.15, 0.2) is 0 Å². The quantitative estimate of drug-likeness (QED) is 0.789. The Morgan fingerprint density at radius 3 is 2.82 bits per heavy atom. The van der Waals surface area contributed by atoms with E-state index < -0.39 is 0 Å². The largest absolute Gasteiger partial charge is 0.497 e. The maximum absolute atomic E-state index is 5.85. The fourth-order valence-corrected chi connectivity index (χ4v) is 1.90. The number of ether oxygens (including phenoxy) is 2. The van der Waals surface area contributed by atoms with E-state index in [1.54, 1.807) is 7.11 Å². The zero-order valence-corrected chi connectivity index (χ0v) is 10.4. The molecule has 2 rings (SSSR count). The molecule has 2 N–H and O–H groups in total. The molecule has 0 saturated heterocycles. The van der Waals surface area contributed by atoms with Gasteiger partial charge >= 0.3 is 0 Å². The van der Waals surface area contributed by atoms with Crippen LogP contribution in [0.5, 0.6) is 11.5 Å². The predicted molar refractivity (Wildman–Crippen MR) is 68.6 cm³/mol. The van der Waals surface area contributed by atoms with E-state index in [0.717, 1.165) is 30.4 Å². The molecule has 1 aliphatic carbocycles. The van der Waals surface area contributed by atoms with Crippen LogP contribution in [-0.2, 0) is 6.42 Å². The highest BCUT2D eigenvalue weighted by Crippen LogP contribution is 2.33. The second kappa shape index (κ2) is 5.92. The van der Waals surface area contributed by atoms with Crippen LogP contribution in [0.4, 0.5) is 0 Å². The lowest BCUT2D eigenvalue weighted by Crippen LogP contribution is -2.06. The second-order valence-electron chi connectivity index (χ2n) is 4.59. The Morgan fingerprint density at radius 2 is 2.18 bits per heavy atom. The first-order valence-corrected chi connectivity index (χ1v) is 6.33. The predicted octanol–water partition coefficient (Wildman–Crippen LogP) is 2.38. The van der Waals surface area contributed by atoms with Gasteiger partial charge in [-0.2, -0.15) is 0 Å².